The molecule has 1 fully saturated rings. The summed E-state index contributed by atoms with van der Waals surface area (Å²) in [4.78, 5) is 25.4. The second kappa shape index (κ2) is 10.8. The van der Waals surface area contributed by atoms with E-state index in [4.69, 9.17) is 10.00 Å². The molecule has 0 saturated carbocycles. The van der Waals surface area contributed by atoms with E-state index in [2.05, 4.69) is 10.6 Å². The van der Waals surface area contributed by atoms with Gasteiger partial charge in [-0.3, -0.25) is 4.79 Å². The number of hydrogen-bond donors (Lipinski definition) is 2. The second-order valence-corrected chi connectivity index (χ2v) is 8.29. The summed E-state index contributed by atoms with van der Waals surface area (Å²) in [5.41, 5.74) is 0.387. The van der Waals surface area contributed by atoms with E-state index in [0.29, 0.717) is 18.7 Å². The van der Waals surface area contributed by atoms with Crippen LogP contribution in [0.2, 0.25) is 0 Å². The van der Waals surface area contributed by atoms with Crippen LogP contribution < -0.4 is 10.6 Å². The van der Waals surface area contributed by atoms with E-state index in [1.165, 1.54) is 33.5 Å². The molecule has 29 heavy (non-hydrogen) atoms. The lowest BCUT2D eigenvalue weighted by Gasteiger charge is -2.34. The van der Waals surface area contributed by atoms with Crippen LogP contribution in [-0.2, 0) is 19.6 Å². The van der Waals surface area contributed by atoms with E-state index in [1.54, 1.807) is 7.11 Å². The minimum atomic E-state index is -3.67. The number of amides is 3. The van der Waals surface area contributed by atoms with E-state index in [-0.39, 0.29) is 56.0 Å². The van der Waals surface area contributed by atoms with E-state index in [0.717, 1.165) is 0 Å². The van der Waals surface area contributed by atoms with Gasteiger partial charge >= 0.3 is 6.03 Å². The van der Waals surface area contributed by atoms with Gasteiger partial charge in [-0.1, -0.05) is 0 Å². The monoisotopic (exact) mass is 423 g/mol. The number of piperazine rings is 1. The van der Waals surface area contributed by atoms with Gasteiger partial charge in [0.05, 0.1) is 23.1 Å². The number of urea groups is 1. The van der Waals surface area contributed by atoms with Crippen molar-refractivity contribution in [2.75, 3.05) is 53.0 Å². The Kier molecular flexibility index (Phi) is 8.38. The summed E-state index contributed by atoms with van der Waals surface area (Å²) in [7, 11) is -2.13. The minimum absolute atomic E-state index is 0.119. The van der Waals surface area contributed by atoms with Crippen LogP contribution in [0, 0.1) is 11.3 Å². The topological polar surface area (TPSA) is 132 Å². The molecule has 1 saturated heterocycles. The third kappa shape index (κ3) is 6.42. The molecular weight excluding hydrogens is 398 g/mol. The number of ether oxygens (including phenoxy) is 1. The molecule has 1 aliphatic heterocycles. The van der Waals surface area contributed by atoms with Gasteiger partial charge in [0.25, 0.3) is 0 Å². The maximum absolute atomic E-state index is 12.7. The summed E-state index contributed by atoms with van der Waals surface area (Å²) >= 11 is 0. The first-order valence-electron chi connectivity index (χ1n) is 9.17. The standard InChI is InChI=1S/C18H25N5O5S/c1-28-13-8-20-17(24)6-7-21-18(25)22-9-11-23(12-10-22)29(26,27)16-4-2-15(14-19)3-5-16/h2-5H,6-13H2,1H3,(H,20,24)(H,21,25). The van der Waals surface area contributed by atoms with E-state index < -0.39 is 10.0 Å². The molecule has 0 aromatic heterocycles. The SMILES string of the molecule is COCCNC(=O)CCNC(=O)N1CCN(S(=O)(=O)c2ccc(C#N)cc2)CC1. The van der Waals surface area contributed by atoms with Crippen molar-refractivity contribution in [1.82, 2.24) is 19.8 Å². The lowest BCUT2D eigenvalue weighted by atomic mass is 10.2. The van der Waals surface area contributed by atoms with Gasteiger partial charge in [0.2, 0.25) is 15.9 Å². The van der Waals surface area contributed by atoms with Gasteiger partial charge in [-0.15, -0.1) is 0 Å². The highest BCUT2D eigenvalue weighted by atomic mass is 32.2. The number of rotatable bonds is 8. The van der Waals surface area contributed by atoms with Crippen LogP contribution in [0.1, 0.15) is 12.0 Å². The van der Waals surface area contributed by atoms with Crippen molar-refractivity contribution < 1.29 is 22.7 Å². The number of nitrogens with one attached hydrogen (secondary N) is 2. The summed E-state index contributed by atoms with van der Waals surface area (Å²) < 4.78 is 31.5. The first-order chi connectivity index (χ1) is 13.9. The zero-order valence-corrected chi connectivity index (χ0v) is 17.1. The first kappa shape index (κ1) is 22.6. The molecule has 1 heterocycles. The van der Waals surface area contributed by atoms with Crippen molar-refractivity contribution in [3.63, 3.8) is 0 Å². The molecule has 0 atom stereocenters. The lowest BCUT2D eigenvalue weighted by molar-refractivity contribution is -0.121. The Labute approximate surface area is 170 Å². The molecule has 158 valence electrons. The van der Waals surface area contributed by atoms with E-state index in [9.17, 15) is 18.0 Å². The third-order valence-corrected chi connectivity index (χ3v) is 6.32. The average Bonchev–Trinajstić information content (AvgIpc) is 2.74. The zero-order valence-electron chi connectivity index (χ0n) is 16.3. The second-order valence-electron chi connectivity index (χ2n) is 6.35. The number of hydrogen-bond acceptors (Lipinski definition) is 6. The number of benzene rings is 1. The highest BCUT2D eigenvalue weighted by molar-refractivity contribution is 7.89. The van der Waals surface area contributed by atoms with Gasteiger partial charge < -0.3 is 20.3 Å². The molecule has 1 aliphatic rings. The average molecular weight is 423 g/mol. The number of methoxy groups -OCH3 is 1. The summed E-state index contributed by atoms with van der Waals surface area (Å²) in [6, 6.07) is 7.36. The molecular formula is C18H25N5O5S. The molecule has 2 rings (SSSR count). The number of sulfonamides is 1. The fourth-order valence-electron chi connectivity index (χ4n) is 2.76. The molecule has 0 unspecified atom stereocenters. The van der Waals surface area contributed by atoms with Crippen LogP contribution in [0.5, 0.6) is 0 Å². The molecule has 0 radical (unpaired) electrons. The quantitative estimate of drug-likeness (QED) is 0.553. The fourth-order valence-corrected chi connectivity index (χ4v) is 4.18. The predicted octanol–water partition coefficient (Wildman–Crippen LogP) is -0.273. The van der Waals surface area contributed by atoms with Crippen molar-refractivity contribution in [1.29, 1.82) is 5.26 Å². The molecule has 10 nitrogen and oxygen atoms in total. The van der Waals surface area contributed by atoms with Crippen LogP contribution in [0.25, 0.3) is 0 Å². The van der Waals surface area contributed by atoms with E-state index in [1.807, 2.05) is 6.07 Å². The van der Waals surface area contributed by atoms with Crippen molar-refractivity contribution in [3.05, 3.63) is 29.8 Å². The molecule has 0 bridgehead atoms. The maximum atomic E-state index is 12.7. The Balaban J connectivity index is 1.78. The highest BCUT2D eigenvalue weighted by Crippen LogP contribution is 2.18. The largest absolute Gasteiger partial charge is 0.383 e. The molecule has 3 amide bonds. The number of carbonyl (C=O) groups excluding carboxylic acids is 2. The molecule has 1 aromatic carbocycles. The Hall–Kier alpha value is -2.68. The van der Waals surface area contributed by atoms with Crippen molar-refractivity contribution >= 4 is 22.0 Å². The van der Waals surface area contributed by atoms with Gasteiger partial charge in [0, 0.05) is 52.8 Å². The highest BCUT2D eigenvalue weighted by Gasteiger charge is 2.30. The number of nitriles is 1. The van der Waals surface area contributed by atoms with Crippen molar-refractivity contribution in [2.24, 2.45) is 0 Å². The number of nitrogens with zero attached hydrogens (tertiary/aromatic N) is 3. The molecule has 0 aliphatic carbocycles. The Bertz CT molecular complexity index is 842. The smallest absolute Gasteiger partial charge is 0.317 e. The van der Waals surface area contributed by atoms with Gasteiger partial charge in [-0.25, -0.2) is 13.2 Å². The van der Waals surface area contributed by atoms with Crippen LogP contribution in [0.3, 0.4) is 0 Å². The minimum Gasteiger partial charge on any atom is -0.383 e. The summed E-state index contributed by atoms with van der Waals surface area (Å²) in [6.45, 7) is 1.89. The normalized spacial score (nSPS) is 14.8. The molecule has 11 heteroatoms. The number of carbonyl (C=O) groups is 2. The Morgan fingerprint density at radius 1 is 1.10 bits per heavy atom. The zero-order chi connectivity index (χ0) is 21.3. The molecule has 2 N–H and O–H groups in total. The summed E-state index contributed by atoms with van der Waals surface area (Å²) in [5, 5.41) is 14.2. The van der Waals surface area contributed by atoms with Crippen molar-refractivity contribution in [2.45, 2.75) is 11.3 Å². The van der Waals surface area contributed by atoms with Crippen molar-refractivity contribution in [3.8, 4) is 6.07 Å². The predicted molar refractivity (Wildman–Crippen MR) is 104 cm³/mol. The maximum Gasteiger partial charge on any atom is 0.317 e. The van der Waals surface area contributed by atoms with Crippen LogP contribution in [-0.4, -0.2) is 82.5 Å². The Morgan fingerprint density at radius 2 is 1.76 bits per heavy atom. The lowest BCUT2D eigenvalue weighted by Crippen LogP contribution is -2.53. The van der Waals surface area contributed by atoms with Gasteiger partial charge in [0.1, 0.15) is 0 Å². The molecule has 1 aromatic rings. The van der Waals surface area contributed by atoms with Gasteiger partial charge in [-0.05, 0) is 24.3 Å². The third-order valence-electron chi connectivity index (χ3n) is 4.40. The van der Waals surface area contributed by atoms with Gasteiger partial charge in [0.15, 0.2) is 0 Å². The first-order valence-corrected chi connectivity index (χ1v) is 10.6. The van der Waals surface area contributed by atoms with E-state index >= 15 is 0 Å². The van der Waals surface area contributed by atoms with Crippen LogP contribution in [0.4, 0.5) is 4.79 Å². The van der Waals surface area contributed by atoms with Crippen LogP contribution in [0.15, 0.2) is 29.2 Å². The molecule has 0 spiro atoms. The van der Waals surface area contributed by atoms with Crippen LogP contribution >= 0.6 is 0 Å². The Morgan fingerprint density at radius 3 is 2.34 bits per heavy atom. The fraction of sp³-hybridized carbons (Fsp3) is 0.500. The summed E-state index contributed by atoms with van der Waals surface area (Å²) in [6.07, 6.45) is 0.155. The summed E-state index contributed by atoms with van der Waals surface area (Å²) in [5.74, 6) is -0.180. The van der Waals surface area contributed by atoms with Gasteiger partial charge in [-0.2, -0.15) is 9.57 Å².